The number of fused-ring (bicyclic) bond motifs is 1. The first-order chi connectivity index (χ1) is 10.3. The Kier molecular flexibility index (Phi) is 4.20. The third kappa shape index (κ3) is 3.24. The Bertz CT molecular complexity index is 638. The number of hydrogen-bond donors (Lipinski definition) is 1. The second kappa shape index (κ2) is 6.27. The standard InChI is InChI=1S/C18H22N2O/c19-9-7-14-8-10-20(13-14)18(21)12-15-5-6-16-3-1-2-4-17(16)11-15/h1-6,11,14H,7-10,12-13,19H2. The first-order valence-corrected chi connectivity index (χ1v) is 7.72. The van der Waals surface area contributed by atoms with Crippen LogP contribution in [0.4, 0.5) is 0 Å². The van der Waals surface area contributed by atoms with Gasteiger partial charge in [-0.1, -0.05) is 42.5 Å². The Morgan fingerprint density at radius 2 is 2.00 bits per heavy atom. The molecule has 0 spiro atoms. The lowest BCUT2D eigenvalue weighted by Crippen LogP contribution is -2.30. The number of hydrogen-bond acceptors (Lipinski definition) is 2. The fourth-order valence-electron chi connectivity index (χ4n) is 3.17. The van der Waals surface area contributed by atoms with E-state index in [1.165, 1.54) is 10.8 Å². The molecule has 1 atom stereocenters. The lowest BCUT2D eigenvalue weighted by Gasteiger charge is -2.16. The quantitative estimate of drug-likeness (QED) is 0.937. The molecule has 0 aromatic heterocycles. The first kappa shape index (κ1) is 14.1. The molecule has 0 bridgehead atoms. The van der Waals surface area contributed by atoms with Crippen molar-refractivity contribution in [3.63, 3.8) is 0 Å². The van der Waals surface area contributed by atoms with Gasteiger partial charge in [-0.25, -0.2) is 0 Å². The third-order valence-corrected chi connectivity index (χ3v) is 4.38. The summed E-state index contributed by atoms with van der Waals surface area (Å²) in [6, 6.07) is 14.5. The minimum Gasteiger partial charge on any atom is -0.342 e. The van der Waals surface area contributed by atoms with E-state index in [1.54, 1.807) is 0 Å². The van der Waals surface area contributed by atoms with Crippen LogP contribution in [0.1, 0.15) is 18.4 Å². The molecule has 2 aromatic carbocycles. The van der Waals surface area contributed by atoms with Gasteiger partial charge in [0.2, 0.25) is 5.91 Å². The van der Waals surface area contributed by atoms with Crippen LogP contribution in [0.2, 0.25) is 0 Å². The minimum absolute atomic E-state index is 0.241. The van der Waals surface area contributed by atoms with Gasteiger partial charge in [0.1, 0.15) is 0 Å². The highest BCUT2D eigenvalue weighted by Gasteiger charge is 2.25. The van der Waals surface area contributed by atoms with Crippen LogP contribution in [0, 0.1) is 5.92 Å². The first-order valence-electron chi connectivity index (χ1n) is 7.72. The number of amides is 1. The second-order valence-electron chi connectivity index (χ2n) is 5.93. The number of carbonyl (C=O) groups excluding carboxylic acids is 1. The fraction of sp³-hybridized carbons (Fsp3) is 0.389. The smallest absolute Gasteiger partial charge is 0.226 e. The summed E-state index contributed by atoms with van der Waals surface area (Å²) in [5, 5.41) is 2.42. The highest BCUT2D eigenvalue weighted by molar-refractivity contribution is 5.85. The van der Waals surface area contributed by atoms with E-state index in [4.69, 9.17) is 5.73 Å². The Labute approximate surface area is 125 Å². The van der Waals surface area contributed by atoms with Gasteiger partial charge in [0.25, 0.3) is 0 Å². The molecule has 0 aliphatic carbocycles. The SMILES string of the molecule is NCCC1CCN(C(=O)Cc2ccc3ccccc3c2)C1. The lowest BCUT2D eigenvalue weighted by atomic mass is 10.0. The summed E-state index contributed by atoms with van der Waals surface area (Å²) in [6.07, 6.45) is 2.63. The predicted molar refractivity (Wildman–Crippen MR) is 86.0 cm³/mol. The maximum atomic E-state index is 12.4. The molecule has 0 radical (unpaired) electrons. The number of likely N-dealkylation sites (tertiary alicyclic amines) is 1. The molecule has 1 unspecified atom stereocenters. The number of nitrogens with two attached hydrogens (primary N) is 1. The van der Waals surface area contributed by atoms with Crippen molar-refractivity contribution < 1.29 is 4.79 Å². The summed E-state index contributed by atoms with van der Waals surface area (Å²) < 4.78 is 0. The average molecular weight is 282 g/mol. The summed E-state index contributed by atoms with van der Waals surface area (Å²) >= 11 is 0. The summed E-state index contributed by atoms with van der Waals surface area (Å²) in [6.45, 7) is 2.48. The highest BCUT2D eigenvalue weighted by atomic mass is 16.2. The fourth-order valence-corrected chi connectivity index (χ4v) is 3.17. The van der Waals surface area contributed by atoms with E-state index in [9.17, 15) is 4.79 Å². The van der Waals surface area contributed by atoms with Crippen LogP contribution in [0.3, 0.4) is 0 Å². The van der Waals surface area contributed by atoms with Gasteiger partial charge in [0, 0.05) is 13.1 Å². The molecule has 2 aromatic rings. The molecule has 2 N–H and O–H groups in total. The zero-order valence-corrected chi connectivity index (χ0v) is 12.3. The van der Waals surface area contributed by atoms with Crippen LogP contribution in [-0.2, 0) is 11.2 Å². The van der Waals surface area contributed by atoms with E-state index in [0.717, 1.165) is 38.0 Å². The van der Waals surface area contributed by atoms with Crippen LogP contribution in [0.25, 0.3) is 10.8 Å². The molecule has 1 aliphatic rings. The molecule has 1 heterocycles. The van der Waals surface area contributed by atoms with Crippen LogP contribution >= 0.6 is 0 Å². The van der Waals surface area contributed by atoms with E-state index in [1.807, 2.05) is 17.0 Å². The van der Waals surface area contributed by atoms with Crippen molar-refractivity contribution in [1.82, 2.24) is 4.90 Å². The predicted octanol–water partition coefficient (Wildman–Crippen LogP) is 2.58. The summed E-state index contributed by atoms with van der Waals surface area (Å²) in [5.74, 6) is 0.834. The number of benzene rings is 2. The molecule has 3 nitrogen and oxygen atoms in total. The van der Waals surface area contributed by atoms with Gasteiger partial charge >= 0.3 is 0 Å². The molecule has 1 fully saturated rings. The van der Waals surface area contributed by atoms with Crippen LogP contribution < -0.4 is 5.73 Å². The van der Waals surface area contributed by atoms with Crippen molar-refractivity contribution in [1.29, 1.82) is 0 Å². The van der Waals surface area contributed by atoms with E-state index in [2.05, 4.69) is 30.3 Å². The molecule has 1 aliphatic heterocycles. The molecule has 0 saturated carbocycles. The molecular formula is C18H22N2O. The molecule has 3 heteroatoms. The van der Waals surface area contributed by atoms with Crippen LogP contribution in [-0.4, -0.2) is 30.4 Å². The van der Waals surface area contributed by atoms with Crippen molar-refractivity contribution in [3.8, 4) is 0 Å². The molecule has 1 amide bonds. The van der Waals surface area contributed by atoms with E-state index >= 15 is 0 Å². The van der Waals surface area contributed by atoms with Gasteiger partial charge in [0.05, 0.1) is 6.42 Å². The Morgan fingerprint density at radius 1 is 1.19 bits per heavy atom. The van der Waals surface area contributed by atoms with E-state index in [0.29, 0.717) is 12.3 Å². The maximum absolute atomic E-state index is 12.4. The zero-order chi connectivity index (χ0) is 14.7. The monoisotopic (exact) mass is 282 g/mol. The van der Waals surface area contributed by atoms with Crippen molar-refractivity contribution in [2.75, 3.05) is 19.6 Å². The lowest BCUT2D eigenvalue weighted by molar-refractivity contribution is -0.129. The molecule has 1 saturated heterocycles. The molecule has 110 valence electrons. The van der Waals surface area contributed by atoms with E-state index in [-0.39, 0.29) is 5.91 Å². The van der Waals surface area contributed by atoms with Gasteiger partial charge in [-0.3, -0.25) is 4.79 Å². The van der Waals surface area contributed by atoms with Crippen LogP contribution in [0.5, 0.6) is 0 Å². The topological polar surface area (TPSA) is 46.3 Å². The Balaban J connectivity index is 1.66. The minimum atomic E-state index is 0.241. The molecule has 3 rings (SSSR count). The van der Waals surface area contributed by atoms with Gasteiger partial charge < -0.3 is 10.6 Å². The van der Waals surface area contributed by atoms with Crippen molar-refractivity contribution in [3.05, 3.63) is 48.0 Å². The normalized spacial score (nSPS) is 18.3. The van der Waals surface area contributed by atoms with Crippen molar-refractivity contribution >= 4 is 16.7 Å². The second-order valence-corrected chi connectivity index (χ2v) is 5.93. The van der Waals surface area contributed by atoms with Gasteiger partial charge in [-0.15, -0.1) is 0 Å². The zero-order valence-electron chi connectivity index (χ0n) is 12.3. The van der Waals surface area contributed by atoms with Gasteiger partial charge in [0.15, 0.2) is 0 Å². The number of carbonyl (C=O) groups is 1. The summed E-state index contributed by atoms with van der Waals surface area (Å²) in [4.78, 5) is 14.4. The summed E-state index contributed by atoms with van der Waals surface area (Å²) in [5.41, 5.74) is 6.70. The largest absolute Gasteiger partial charge is 0.342 e. The van der Waals surface area contributed by atoms with Crippen molar-refractivity contribution in [2.24, 2.45) is 11.7 Å². The summed E-state index contributed by atoms with van der Waals surface area (Å²) in [7, 11) is 0. The molecular weight excluding hydrogens is 260 g/mol. The average Bonchev–Trinajstić information content (AvgIpc) is 2.96. The highest BCUT2D eigenvalue weighted by Crippen LogP contribution is 2.21. The van der Waals surface area contributed by atoms with Crippen molar-refractivity contribution in [2.45, 2.75) is 19.3 Å². The number of rotatable bonds is 4. The Morgan fingerprint density at radius 3 is 2.81 bits per heavy atom. The van der Waals surface area contributed by atoms with Gasteiger partial charge in [-0.2, -0.15) is 0 Å². The van der Waals surface area contributed by atoms with Gasteiger partial charge in [-0.05, 0) is 41.6 Å². The molecule has 21 heavy (non-hydrogen) atoms. The maximum Gasteiger partial charge on any atom is 0.226 e. The third-order valence-electron chi connectivity index (χ3n) is 4.38. The van der Waals surface area contributed by atoms with Crippen LogP contribution in [0.15, 0.2) is 42.5 Å². The van der Waals surface area contributed by atoms with E-state index < -0.39 is 0 Å². The number of nitrogens with zero attached hydrogens (tertiary/aromatic N) is 1. The Hall–Kier alpha value is -1.87.